The number of hydrogen-bond acceptors (Lipinski definition) is 7. The smallest absolute Gasteiger partial charge is 0.416 e. The van der Waals surface area contributed by atoms with Crippen LogP contribution in [0.25, 0.3) is 22.4 Å². The number of ether oxygens (including phenoxy) is 1. The van der Waals surface area contributed by atoms with Gasteiger partial charge in [-0.3, -0.25) is 4.98 Å². The second-order valence-electron chi connectivity index (χ2n) is 10.4. The van der Waals surface area contributed by atoms with Crippen LogP contribution in [0.5, 0.6) is 0 Å². The Kier molecular flexibility index (Phi) is 6.61. The number of pyridine rings is 2. The molecular formula is C28H27F3N6O2. The van der Waals surface area contributed by atoms with Crippen molar-refractivity contribution in [3.63, 3.8) is 0 Å². The van der Waals surface area contributed by atoms with Gasteiger partial charge in [0.2, 0.25) is 0 Å². The van der Waals surface area contributed by atoms with Crippen LogP contribution in [-0.2, 0) is 10.9 Å². The first-order valence-electron chi connectivity index (χ1n) is 12.4. The Morgan fingerprint density at radius 1 is 1.00 bits per heavy atom. The number of amides is 1. The van der Waals surface area contributed by atoms with E-state index >= 15 is 0 Å². The first-order chi connectivity index (χ1) is 18.4. The highest BCUT2D eigenvalue weighted by Gasteiger charge is 2.37. The molecule has 1 saturated heterocycles. The summed E-state index contributed by atoms with van der Waals surface area (Å²) in [6.45, 7) is 8.11. The number of benzene rings is 1. The molecule has 0 aliphatic carbocycles. The van der Waals surface area contributed by atoms with E-state index in [1.807, 2.05) is 31.2 Å². The number of nitrogens with zero attached hydrogens (tertiary/aromatic N) is 5. The Morgan fingerprint density at radius 2 is 1.72 bits per heavy atom. The summed E-state index contributed by atoms with van der Waals surface area (Å²) >= 11 is 0. The van der Waals surface area contributed by atoms with Crippen molar-refractivity contribution >= 4 is 28.6 Å². The molecular weight excluding hydrogens is 509 g/mol. The van der Waals surface area contributed by atoms with Gasteiger partial charge in [0.05, 0.1) is 28.3 Å². The highest BCUT2D eigenvalue weighted by molar-refractivity contribution is 5.90. The number of nitrogens with one attached hydrogen (secondary N) is 1. The van der Waals surface area contributed by atoms with Gasteiger partial charge in [-0.25, -0.2) is 19.7 Å². The maximum atomic E-state index is 13.0. The van der Waals surface area contributed by atoms with Crippen molar-refractivity contribution in [1.82, 2.24) is 24.8 Å². The Balaban J connectivity index is 1.49. The summed E-state index contributed by atoms with van der Waals surface area (Å²) in [6, 6.07) is 12.1. The van der Waals surface area contributed by atoms with Gasteiger partial charge >= 0.3 is 12.3 Å². The fraction of sp³-hybridized carbons (Fsp3) is 0.321. The van der Waals surface area contributed by atoms with Crippen LogP contribution < -0.4 is 5.32 Å². The van der Waals surface area contributed by atoms with Crippen molar-refractivity contribution in [2.45, 2.75) is 45.4 Å². The number of alkyl halides is 3. The van der Waals surface area contributed by atoms with Crippen LogP contribution in [0.2, 0.25) is 0 Å². The summed E-state index contributed by atoms with van der Waals surface area (Å²) in [5.74, 6) is 0.721. The standard InChI is InChI=1S/C28H27F3N6O2/c1-16-6-5-13-32-22(16)21-12-11-20-24(33-19-9-7-18(8-10-19)28(29,30)31)35-23(36-25(20)34-21)17-14-37(15-17)26(38)39-27(2,3)4/h5-13,17H,14-15H2,1-4H3,(H,33,34,35,36). The fourth-order valence-corrected chi connectivity index (χ4v) is 4.19. The fourth-order valence-electron chi connectivity index (χ4n) is 4.19. The highest BCUT2D eigenvalue weighted by Crippen LogP contribution is 2.33. The number of fused-ring (bicyclic) bond motifs is 1. The van der Waals surface area contributed by atoms with E-state index in [2.05, 4.69) is 10.3 Å². The summed E-state index contributed by atoms with van der Waals surface area (Å²) in [7, 11) is 0. The molecule has 5 rings (SSSR count). The number of rotatable bonds is 4. The monoisotopic (exact) mass is 536 g/mol. The number of carbonyl (C=O) groups is 1. The van der Waals surface area contributed by atoms with Crippen molar-refractivity contribution in [2.75, 3.05) is 18.4 Å². The van der Waals surface area contributed by atoms with Crippen LogP contribution in [0.1, 0.15) is 43.6 Å². The Labute approximate surface area is 223 Å². The Bertz CT molecular complexity index is 1530. The van der Waals surface area contributed by atoms with Gasteiger partial charge in [-0.05, 0) is 75.7 Å². The predicted molar refractivity (Wildman–Crippen MR) is 141 cm³/mol. The summed E-state index contributed by atoms with van der Waals surface area (Å²) in [4.78, 5) is 32.6. The molecule has 1 fully saturated rings. The zero-order valence-corrected chi connectivity index (χ0v) is 21.9. The first kappa shape index (κ1) is 26.3. The maximum absolute atomic E-state index is 13.0. The van der Waals surface area contributed by atoms with Crippen LogP contribution >= 0.6 is 0 Å². The SMILES string of the molecule is Cc1cccnc1-c1ccc2c(Nc3ccc(C(F)(F)F)cc3)nc(C3CN(C(=O)OC(C)(C)C)C3)nc2n1. The molecule has 39 heavy (non-hydrogen) atoms. The van der Waals surface area contributed by atoms with Gasteiger partial charge in [-0.2, -0.15) is 13.2 Å². The van der Waals surface area contributed by atoms with Crippen LogP contribution in [0, 0.1) is 6.92 Å². The molecule has 1 aliphatic rings. The van der Waals surface area contributed by atoms with Crippen molar-refractivity contribution < 1.29 is 22.7 Å². The number of halogens is 3. The van der Waals surface area contributed by atoms with E-state index in [0.717, 1.165) is 23.4 Å². The molecule has 0 atom stereocenters. The molecule has 202 valence electrons. The second-order valence-corrected chi connectivity index (χ2v) is 10.4. The van der Waals surface area contributed by atoms with E-state index in [0.29, 0.717) is 47.1 Å². The molecule has 1 aromatic carbocycles. The number of likely N-dealkylation sites (tertiary alicyclic amines) is 1. The maximum Gasteiger partial charge on any atom is 0.416 e. The van der Waals surface area contributed by atoms with Crippen molar-refractivity contribution in [3.8, 4) is 11.4 Å². The normalized spacial score (nSPS) is 14.3. The molecule has 4 heterocycles. The summed E-state index contributed by atoms with van der Waals surface area (Å²) < 4.78 is 44.6. The molecule has 1 aliphatic heterocycles. The molecule has 11 heteroatoms. The summed E-state index contributed by atoms with van der Waals surface area (Å²) in [5.41, 5.74) is 1.80. The van der Waals surface area contributed by atoms with Crippen LogP contribution in [0.3, 0.4) is 0 Å². The lowest BCUT2D eigenvalue weighted by Crippen LogP contribution is -2.50. The van der Waals surface area contributed by atoms with Crippen LogP contribution in [0.15, 0.2) is 54.7 Å². The number of aromatic nitrogens is 4. The van der Waals surface area contributed by atoms with E-state index in [9.17, 15) is 18.0 Å². The van der Waals surface area contributed by atoms with E-state index in [1.165, 1.54) is 12.1 Å². The Morgan fingerprint density at radius 3 is 2.36 bits per heavy atom. The summed E-state index contributed by atoms with van der Waals surface area (Å²) in [6.07, 6.45) is -3.15. The summed E-state index contributed by atoms with van der Waals surface area (Å²) in [5, 5.41) is 3.72. The second kappa shape index (κ2) is 9.79. The van der Waals surface area contributed by atoms with Gasteiger partial charge in [-0.15, -0.1) is 0 Å². The minimum absolute atomic E-state index is 0.155. The lowest BCUT2D eigenvalue weighted by molar-refractivity contribution is -0.137. The minimum atomic E-state index is -4.43. The van der Waals surface area contributed by atoms with E-state index in [4.69, 9.17) is 19.7 Å². The van der Waals surface area contributed by atoms with Crippen LogP contribution in [0.4, 0.5) is 29.5 Å². The average Bonchev–Trinajstić information content (AvgIpc) is 2.82. The van der Waals surface area contributed by atoms with E-state index in [1.54, 1.807) is 31.9 Å². The lowest BCUT2D eigenvalue weighted by atomic mass is 9.99. The molecule has 0 unspecified atom stereocenters. The van der Waals surface area contributed by atoms with Gasteiger partial charge in [0, 0.05) is 25.0 Å². The van der Waals surface area contributed by atoms with Gasteiger partial charge in [0.25, 0.3) is 0 Å². The third-order valence-electron chi connectivity index (χ3n) is 6.20. The third-order valence-corrected chi connectivity index (χ3v) is 6.20. The molecule has 4 aromatic rings. The van der Waals surface area contributed by atoms with Crippen molar-refractivity contribution in [3.05, 3.63) is 71.7 Å². The molecule has 0 bridgehead atoms. The predicted octanol–water partition coefficient (Wildman–Crippen LogP) is 6.49. The largest absolute Gasteiger partial charge is 0.444 e. The average molecular weight is 537 g/mol. The molecule has 1 amide bonds. The molecule has 0 radical (unpaired) electrons. The van der Waals surface area contributed by atoms with Gasteiger partial charge < -0.3 is 15.0 Å². The topological polar surface area (TPSA) is 93.1 Å². The lowest BCUT2D eigenvalue weighted by Gasteiger charge is -2.39. The van der Waals surface area contributed by atoms with Gasteiger partial charge in [-0.1, -0.05) is 6.07 Å². The molecule has 1 N–H and O–H groups in total. The Hall–Kier alpha value is -4.28. The van der Waals surface area contributed by atoms with E-state index in [-0.39, 0.29) is 5.92 Å². The number of anilines is 2. The molecule has 0 spiro atoms. The molecule has 3 aromatic heterocycles. The van der Waals surface area contributed by atoms with Gasteiger partial charge in [0.15, 0.2) is 5.65 Å². The zero-order chi connectivity index (χ0) is 27.9. The van der Waals surface area contributed by atoms with Gasteiger partial charge in [0.1, 0.15) is 17.2 Å². The minimum Gasteiger partial charge on any atom is -0.444 e. The third kappa shape index (κ3) is 5.76. The molecule has 0 saturated carbocycles. The highest BCUT2D eigenvalue weighted by atomic mass is 19.4. The quantitative estimate of drug-likeness (QED) is 0.319. The van der Waals surface area contributed by atoms with Crippen molar-refractivity contribution in [2.24, 2.45) is 0 Å². The van der Waals surface area contributed by atoms with Crippen LogP contribution in [-0.4, -0.2) is 49.6 Å². The number of aryl methyl sites for hydroxylation is 1. The number of carbonyl (C=O) groups excluding carboxylic acids is 1. The molecule has 8 nitrogen and oxygen atoms in total. The van der Waals surface area contributed by atoms with Crippen molar-refractivity contribution in [1.29, 1.82) is 0 Å². The zero-order valence-electron chi connectivity index (χ0n) is 21.9. The number of hydrogen-bond donors (Lipinski definition) is 1. The van der Waals surface area contributed by atoms with E-state index < -0.39 is 23.4 Å². The first-order valence-corrected chi connectivity index (χ1v) is 12.4.